The highest BCUT2D eigenvalue weighted by Gasteiger charge is 2.47. The van der Waals surface area contributed by atoms with Crippen molar-refractivity contribution in [1.82, 2.24) is 0 Å². The van der Waals surface area contributed by atoms with Crippen molar-refractivity contribution in [2.75, 3.05) is 26.3 Å². The molecule has 1 heterocycles. The summed E-state index contributed by atoms with van der Waals surface area (Å²) in [7, 11) is 0. The minimum Gasteiger partial charge on any atom is -0.632 e. The van der Waals surface area contributed by atoms with Crippen molar-refractivity contribution in [2.24, 2.45) is 0 Å². The van der Waals surface area contributed by atoms with Crippen LogP contribution in [0, 0.1) is 5.21 Å². The number of nitrogens with zero attached hydrogens (tertiary/aromatic N) is 1. The highest BCUT2D eigenvalue weighted by molar-refractivity contribution is 4.87. The average Bonchev–Trinajstić information content (AvgIpc) is 2.15. The monoisotopic (exact) mass is 223 g/mol. The molecule has 5 N–H and O–H groups in total. The normalized spacial score (nSPS) is 46.8. The molecule has 7 heteroatoms. The van der Waals surface area contributed by atoms with Crippen LogP contribution in [-0.2, 0) is 0 Å². The standard InChI is InChI=1S/C8H17NO6/c10-2-1-9(15)3-6(12)8(14)7(13)5(9)4-11/h5-8,10-14H,1-4H2/t5-,6+,7-,8-,9?/m1/s1. The van der Waals surface area contributed by atoms with E-state index < -0.39 is 42.2 Å². The quantitative estimate of drug-likeness (QED) is 0.253. The highest BCUT2D eigenvalue weighted by Crippen LogP contribution is 2.25. The van der Waals surface area contributed by atoms with Gasteiger partial charge in [0.2, 0.25) is 0 Å². The van der Waals surface area contributed by atoms with Crippen LogP contribution in [0.5, 0.6) is 0 Å². The first-order chi connectivity index (χ1) is 6.96. The van der Waals surface area contributed by atoms with Crippen LogP contribution >= 0.6 is 0 Å². The lowest BCUT2D eigenvalue weighted by Crippen LogP contribution is -2.70. The van der Waals surface area contributed by atoms with Gasteiger partial charge in [0.15, 0.2) is 0 Å². The number of quaternary nitrogens is 1. The summed E-state index contributed by atoms with van der Waals surface area (Å²) in [5.41, 5.74) is 0. The molecule has 5 atom stereocenters. The Hall–Kier alpha value is -0.280. The topological polar surface area (TPSA) is 124 Å². The molecule has 90 valence electrons. The van der Waals surface area contributed by atoms with Crippen LogP contribution in [0.3, 0.4) is 0 Å². The predicted octanol–water partition coefficient (Wildman–Crippen LogP) is -3.25. The van der Waals surface area contributed by atoms with Crippen molar-refractivity contribution in [3.8, 4) is 0 Å². The van der Waals surface area contributed by atoms with Gasteiger partial charge in [-0.25, -0.2) is 0 Å². The van der Waals surface area contributed by atoms with E-state index in [1.165, 1.54) is 0 Å². The van der Waals surface area contributed by atoms with Crippen LogP contribution in [0.1, 0.15) is 0 Å². The van der Waals surface area contributed by atoms with Crippen molar-refractivity contribution >= 4 is 0 Å². The van der Waals surface area contributed by atoms with E-state index in [0.717, 1.165) is 0 Å². The first kappa shape index (κ1) is 12.8. The lowest BCUT2D eigenvalue weighted by atomic mass is 9.93. The molecule has 1 fully saturated rings. The van der Waals surface area contributed by atoms with Gasteiger partial charge < -0.3 is 35.4 Å². The van der Waals surface area contributed by atoms with Gasteiger partial charge in [-0.2, -0.15) is 0 Å². The minimum absolute atomic E-state index is 0.230. The molecule has 0 radical (unpaired) electrons. The molecule has 1 aliphatic rings. The number of likely N-dealkylation sites (tertiary alicyclic amines) is 1. The molecular formula is C8H17NO6. The second kappa shape index (κ2) is 4.71. The Balaban J connectivity index is 2.86. The average molecular weight is 223 g/mol. The molecular weight excluding hydrogens is 206 g/mol. The molecule has 7 nitrogen and oxygen atoms in total. The van der Waals surface area contributed by atoms with Gasteiger partial charge in [-0.3, -0.25) is 0 Å². The molecule has 0 aromatic carbocycles. The number of hydroxylamine groups is 3. The third kappa shape index (κ3) is 2.28. The van der Waals surface area contributed by atoms with E-state index in [-0.39, 0.29) is 13.1 Å². The van der Waals surface area contributed by atoms with Crippen LogP contribution in [0.4, 0.5) is 0 Å². The number of piperidine rings is 1. The Morgan fingerprint density at radius 3 is 2.20 bits per heavy atom. The number of hydrogen-bond donors (Lipinski definition) is 5. The maximum absolute atomic E-state index is 12.0. The molecule has 0 spiro atoms. The molecule has 1 rings (SSSR count). The van der Waals surface area contributed by atoms with Gasteiger partial charge in [-0.15, -0.1) is 0 Å². The zero-order chi connectivity index (χ0) is 11.6. The molecule has 0 saturated carbocycles. The summed E-state index contributed by atoms with van der Waals surface area (Å²) in [4.78, 5) is 0. The van der Waals surface area contributed by atoms with Crippen LogP contribution in [0.25, 0.3) is 0 Å². The molecule has 15 heavy (non-hydrogen) atoms. The van der Waals surface area contributed by atoms with Gasteiger partial charge in [0.05, 0.1) is 13.2 Å². The molecule has 0 aromatic rings. The molecule has 0 aromatic heterocycles. The Morgan fingerprint density at radius 1 is 1.13 bits per heavy atom. The van der Waals surface area contributed by atoms with Gasteiger partial charge >= 0.3 is 0 Å². The molecule has 0 amide bonds. The van der Waals surface area contributed by atoms with Crippen LogP contribution in [-0.4, -0.2) is 80.8 Å². The predicted molar refractivity (Wildman–Crippen MR) is 49.3 cm³/mol. The summed E-state index contributed by atoms with van der Waals surface area (Å²) in [5.74, 6) is 0. The van der Waals surface area contributed by atoms with E-state index >= 15 is 0 Å². The smallest absolute Gasteiger partial charge is 0.141 e. The Morgan fingerprint density at radius 2 is 1.73 bits per heavy atom. The van der Waals surface area contributed by atoms with E-state index in [2.05, 4.69) is 0 Å². The van der Waals surface area contributed by atoms with E-state index in [0.29, 0.717) is 0 Å². The first-order valence-corrected chi connectivity index (χ1v) is 4.80. The van der Waals surface area contributed by atoms with Crippen LogP contribution < -0.4 is 0 Å². The van der Waals surface area contributed by atoms with Crippen LogP contribution in [0.2, 0.25) is 0 Å². The molecule has 0 bridgehead atoms. The van der Waals surface area contributed by atoms with E-state index in [9.17, 15) is 20.5 Å². The van der Waals surface area contributed by atoms with Crippen molar-refractivity contribution < 1.29 is 30.2 Å². The van der Waals surface area contributed by atoms with Crippen LogP contribution in [0.15, 0.2) is 0 Å². The van der Waals surface area contributed by atoms with Crippen molar-refractivity contribution in [1.29, 1.82) is 0 Å². The zero-order valence-electron chi connectivity index (χ0n) is 8.23. The fourth-order valence-electron chi connectivity index (χ4n) is 1.98. The Bertz CT molecular complexity index is 215. The number of hydrogen-bond acceptors (Lipinski definition) is 6. The molecule has 1 unspecified atom stereocenters. The number of aliphatic hydroxyl groups is 5. The zero-order valence-corrected chi connectivity index (χ0v) is 8.23. The van der Waals surface area contributed by atoms with Gasteiger partial charge in [0.25, 0.3) is 0 Å². The minimum atomic E-state index is -1.48. The second-order valence-corrected chi connectivity index (χ2v) is 3.88. The van der Waals surface area contributed by atoms with Crippen molar-refractivity contribution in [3.05, 3.63) is 5.21 Å². The summed E-state index contributed by atoms with van der Waals surface area (Å²) in [6.07, 6.45) is -4.25. The summed E-state index contributed by atoms with van der Waals surface area (Å²) in [6.45, 7) is -1.58. The summed E-state index contributed by atoms with van der Waals surface area (Å²) in [6, 6.07) is -1.13. The van der Waals surface area contributed by atoms with Crippen molar-refractivity contribution in [3.63, 3.8) is 0 Å². The highest BCUT2D eigenvalue weighted by atomic mass is 16.6. The Kier molecular flexibility index (Phi) is 4.01. The maximum Gasteiger partial charge on any atom is 0.141 e. The molecule has 0 aliphatic carbocycles. The van der Waals surface area contributed by atoms with E-state index in [1.807, 2.05) is 0 Å². The third-order valence-electron chi connectivity index (χ3n) is 2.90. The largest absolute Gasteiger partial charge is 0.632 e. The molecule has 1 aliphatic heterocycles. The summed E-state index contributed by atoms with van der Waals surface area (Å²) in [5, 5.41) is 57.9. The molecule has 1 saturated heterocycles. The van der Waals surface area contributed by atoms with Crippen molar-refractivity contribution in [2.45, 2.75) is 24.4 Å². The number of rotatable bonds is 3. The summed E-state index contributed by atoms with van der Waals surface area (Å²) >= 11 is 0. The maximum atomic E-state index is 12.0. The SMILES string of the molecule is [O-][N+]1(CCO)C[C@H](O)[C@@H](O)[C@H](O)[C@H]1CO. The van der Waals surface area contributed by atoms with Gasteiger partial charge in [0.1, 0.15) is 37.4 Å². The summed E-state index contributed by atoms with van der Waals surface area (Å²) < 4.78 is -1.09. The van der Waals surface area contributed by atoms with Gasteiger partial charge in [0, 0.05) is 0 Å². The van der Waals surface area contributed by atoms with E-state index in [1.54, 1.807) is 0 Å². The van der Waals surface area contributed by atoms with E-state index in [4.69, 9.17) is 10.2 Å². The fourth-order valence-corrected chi connectivity index (χ4v) is 1.98. The van der Waals surface area contributed by atoms with Gasteiger partial charge in [-0.05, 0) is 0 Å². The first-order valence-electron chi connectivity index (χ1n) is 4.80. The van der Waals surface area contributed by atoms with Gasteiger partial charge in [-0.1, -0.05) is 0 Å². The fraction of sp³-hybridized carbons (Fsp3) is 1.00. The Labute approximate surface area is 87.0 Å². The lowest BCUT2D eigenvalue weighted by Gasteiger charge is -2.54. The number of aliphatic hydroxyl groups excluding tert-OH is 5. The third-order valence-corrected chi connectivity index (χ3v) is 2.90. The lowest BCUT2D eigenvalue weighted by molar-refractivity contribution is -0.920. The second-order valence-electron chi connectivity index (χ2n) is 3.88.